The summed E-state index contributed by atoms with van der Waals surface area (Å²) in [4.78, 5) is 16.8. The molecule has 3 aromatic rings. The van der Waals surface area contributed by atoms with E-state index in [9.17, 15) is 4.79 Å². The fraction of sp³-hybridized carbons (Fsp3) is 0.222. The maximum atomic E-state index is 12.5. The molecule has 1 amide bonds. The second-order valence-electron chi connectivity index (χ2n) is 5.54. The summed E-state index contributed by atoms with van der Waals surface area (Å²) < 4.78 is 1.66. The molecule has 0 spiro atoms. The number of carbonyl (C=O) groups excluding carboxylic acids is 1. The molecule has 7 heteroatoms. The van der Waals surface area contributed by atoms with Crippen molar-refractivity contribution in [2.24, 2.45) is 0 Å². The number of benzene rings is 1. The van der Waals surface area contributed by atoms with Gasteiger partial charge in [0.15, 0.2) is 5.69 Å². The van der Waals surface area contributed by atoms with Gasteiger partial charge in [0.05, 0.1) is 28.3 Å². The van der Waals surface area contributed by atoms with Crippen LogP contribution in [-0.4, -0.2) is 31.6 Å². The lowest BCUT2D eigenvalue weighted by Gasteiger charge is -2.06. The minimum Gasteiger partial charge on any atom is -0.319 e. The molecule has 0 aliphatic carbocycles. The third-order valence-corrected chi connectivity index (χ3v) is 4.50. The van der Waals surface area contributed by atoms with E-state index in [1.165, 1.54) is 0 Å². The van der Waals surface area contributed by atoms with E-state index < -0.39 is 0 Å². The number of nitrogens with zero attached hydrogens (tertiary/aromatic N) is 4. The van der Waals surface area contributed by atoms with Crippen molar-refractivity contribution in [2.45, 2.75) is 25.8 Å². The normalized spacial score (nSPS) is 10.7. The Labute approximate surface area is 150 Å². The quantitative estimate of drug-likeness (QED) is 0.709. The minimum absolute atomic E-state index is 0.298. The predicted octanol–water partition coefficient (Wildman–Crippen LogP) is 3.64. The number of aromatic nitrogens is 4. The lowest BCUT2D eigenvalue weighted by atomic mass is 10.2. The summed E-state index contributed by atoms with van der Waals surface area (Å²) in [6.45, 7) is 5.92. The lowest BCUT2D eigenvalue weighted by Crippen LogP contribution is -2.14. The number of anilines is 1. The van der Waals surface area contributed by atoms with Gasteiger partial charge in [-0.15, -0.1) is 16.9 Å². The maximum absolute atomic E-state index is 12.5. The summed E-state index contributed by atoms with van der Waals surface area (Å²) in [7, 11) is 0. The van der Waals surface area contributed by atoms with Crippen LogP contribution in [0.4, 0.5) is 5.69 Å². The largest absolute Gasteiger partial charge is 0.319 e. The molecule has 0 saturated carbocycles. The van der Waals surface area contributed by atoms with Crippen molar-refractivity contribution in [3.05, 3.63) is 59.5 Å². The number of thioether (sulfide) groups is 1. The molecule has 0 unspecified atom stereocenters. The monoisotopic (exact) mass is 353 g/mol. The molecule has 0 radical (unpaired) electrons. The molecule has 1 aromatic carbocycles. The number of hydrogen-bond donors (Lipinski definition) is 1. The van der Waals surface area contributed by atoms with Gasteiger partial charge in [-0.25, -0.2) is 9.67 Å². The second-order valence-corrected chi connectivity index (χ2v) is 6.83. The van der Waals surface area contributed by atoms with Gasteiger partial charge in [0.1, 0.15) is 0 Å². The zero-order chi connectivity index (χ0) is 17.8. The predicted molar refractivity (Wildman–Crippen MR) is 99.4 cm³/mol. The van der Waals surface area contributed by atoms with Crippen LogP contribution < -0.4 is 5.32 Å². The zero-order valence-electron chi connectivity index (χ0n) is 14.4. The van der Waals surface area contributed by atoms with E-state index in [1.54, 1.807) is 22.6 Å². The van der Waals surface area contributed by atoms with Gasteiger partial charge in [-0.05, 0) is 43.9 Å². The van der Waals surface area contributed by atoms with Crippen molar-refractivity contribution in [1.29, 1.82) is 0 Å². The minimum atomic E-state index is -0.298. The highest BCUT2D eigenvalue weighted by atomic mass is 32.2. The number of amides is 1. The van der Waals surface area contributed by atoms with Gasteiger partial charge in [-0.1, -0.05) is 29.8 Å². The number of nitrogens with one attached hydrogen (secondary N) is 1. The van der Waals surface area contributed by atoms with E-state index >= 15 is 0 Å². The third kappa shape index (κ3) is 3.88. The Morgan fingerprint density at radius 2 is 1.92 bits per heavy atom. The molecule has 25 heavy (non-hydrogen) atoms. The molecule has 0 saturated heterocycles. The summed E-state index contributed by atoms with van der Waals surface area (Å²) in [6, 6.07) is 11.6. The summed E-state index contributed by atoms with van der Waals surface area (Å²) in [5, 5.41) is 11.9. The molecule has 0 fully saturated rings. The Morgan fingerprint density at radius 1 is 1.16 bits per heavy atom. The standard InChI is InChI=1S/C18H19N5OS/c1-4-25-16-10-7-14(11-19-16)20-18(24)17-13(3)23(22-21-17)15-8-5-12(2)6-9-15/h5-11H,4H2,1-3H3,(H,20,24). The first-order valence-electron chi connectivity index (χ1n) is 7.98. The first kappa shape index (κ1) is 17.2. The van der Waals surface area contributed by atoms with E-state index in [4.69, 9.17) is 0 Å². The van der Waals surface area contributed by atoms with E-state index in [-0.39, 0.29) is 5.91 Å². The Kier molecular flexibility index (Phi) is 5.14. The Balaban J connectivity index is 1.77. The van der Waals surface area contributed by atoms with Crippen molar-refractivity contribution < 1.29 is 4.79 Å². The second kappa shape index (κ2) is 7.48. The third-order valence-electron chi connectivity index (χ3n) is 3.67. The number of aryl methyl sites for hydroxylation is 1. The van der Waals surface area contributed by atoms with Crippen LogP contribution in [0.5, 0.6) is 0 Å². The highest BCUT2D eigenvalue weighted by molar-refractivity contribution is 7.99. The van der Waals surface area contributed by atoms with Gasteiger partial charge in [-0.2, -0.15) is 0 Å². The summed E-state index contributed by atoms with van der Waals surface area (Å²) in [5.74, 6) is 0.661. The first-order chi connectivity index (χ1) is 12.1. The molecular weight excluding hydrogens is 334 g/mol. The number of pyridine rings is 1. The van der Waals surface area contributed by atoms with Gasteiger partial charge in [-0.3, -0.25) is 4.79 Å². The van der Waals surface area contributed by atoms with Crippen LogP contribution in [0, 0.1) is 13.8 Å². The van der Waals surface area contributed by atoms with Gasteiger partial charge in [0.25, 0.3) is 5.91 Å². The number of hydrogen-bond acceptors (Lipinski definition) is 5. The molecule has 0 aliphatic rings. The van der Waals surface area contributed by atoms with E-state index in [0.717, 1.165) is 22.0 Å². The van der Waals surface area contributed by atoms with E-state index in [0.29, 0.717) is 17.1 Å². The van der Waals surface area contributed by atoms with Gasteiger partial charge in [0.2, 0.25) is 0 Å². The summed E-state index contributed by atoms with van der Waals surface area (Å²) >= 11 is 1.65. The molecular formula is C18H19N5OS. The Bertz CT molecular complexity index is 871. The fourth-order valence-electron chi connectivity index (χ4n) is 2.35. The number of rotatable bonds is 5. The molecule has 0 atom stereocenters. The topological polar surface area (TPSA) is 72.7 Å². The molecule has 6 nitrogen and oxygen atoms in total. The van der Waals surface area contributed by atoms with Crippen molar-refractivity contribution in [3.63, 3.8) is 0 Å². The van der Waals surface area contributed by atoms with Gasteiger partial charge >= 0.3 is 0 Å². The molecule has 1 N–H and O–H groups in total. The molecule has 0 bridgehead atoms. The fourth-order valence-corrected chi connectivity index (χ4v) is 2.94. The smallest absolute Gasteiger partial charge is 0.278 e. The van der Waals surface area contributed by atoms with E-state index in [2.05, 4.69) is 27.5 Å². The SMILES string of the molecule is CCSc1ccc(NC(=O)c2nnn(-c3ccc(C)cc3)c2C)cn1. The van der Waals surface area contributed by atoms with Crippen LogP contribution in [0.1, 0.15) is 28.7 Å². The Hall–Kier alpha value is -2.67. The van der Waals surface area contributed by atoms with Gasteiger partial charge < -0.3 is 5.32 Å². The molecule has 3 rings (SSSR count). The average molecular weight is 353 g/mol. The summed E-state index contributed by atoms with van der Waals surface area (Å²) in [5.41, 5.74) is 3.66. The van der Waals surface area contributed by atoms with Crippen LogP contribution in [0.15, 0.2) is 47.6 Å². The first-order valence-corrected chi connectivity index (χ1v) is 8.96. The van der Waals surface area contributed by atoms with Crippen LogP contribution in [-0.2, 0) is 0 Å². The van der Waals surface area contributed by atoms with Crippen LogP contribution in [0.25, 0.3) is 5.69 Å². The Morgan fingerprint density at radius 3 is 2.56 bits per heavy atom. The molecule has 2 aromatic heterocycles. The highest BCUT2D eigenvalue weighted by Crippen LogP contribution is 2.18. The van der Waals surface area contributed by atoms with Crippen molar-refractivity contribution in [3.8, 4) is 5.69 Å². The van der Waals surface area contributed by atoms with Crippen LogP contribution in [0.3, 0.4) is 0 Å². The highest BCUT2D eigenvalue weighted by Gasteiger charge is 2.17. The van der Waals surface area contributed by atoms with Gasteiger partial charge in [0, 0.05) is 0 Å². The average Bonchev–Trinajstić information content (AvgIpc) is 2.99. The van der Waals surface area contributed by atoms with Crippen molar-refractivity contribution >= 4 is 23.4 Å². The van der Waals surface area contributed by atoms with Crippen molar-refractivity contribution in [1.82, 2.24) is 20.0 Å². The lowest BCUT2D eigenvalue weighted by molar-refractivity contribution is 0.102. The van der Waals surface area contributed by atoms with Crippen LogP contribution in [0.2, 0.25) is 0 Å². The molecule has 128 valence electrons. The molecule has 2 heterocycles. The van der Waals surface area contributed by atoms with Crippen LogP contribution >= 0.6 is 11.8 Å². The summed E-state index contributed by atoms with van der Waals surface area (Å²) in [6.07, 6.45) is 1.65. The molecule has 0 aliphatic heterocycles. The zero-order valence-corrected chi connectivity index (χ0v) is 15.2. The maximum Gasteiger partial charge on any atom is 0.278 e. The van der Waals surface area contributed by atoms with Crippen molar-refractivity contribution in [2.75, 3.05) is 11.1 Å². The number of carbonyl (C=O) groups is 1. The van der Waals surface area contributed by atoms with E-state index in [1.807, 2.05) is 50.2 Å².